The van der Waals surface area contributed by atoms with E-state index in [2.05, 4.69) is 6.58 Å². The van der Waals surface area contributed by atoms with Gasteiger partial charge in [0.1, 0.15) is 0 Å². The lowest BCUT2D eigenvalue weighted by molar-refractivity contribution is -0.0794. The molecule has 1 aliphatic carbocycles. The molecule has 0 radical (unpaired) electrons. The summed E-state index contributed by atoms with van der Waals surface area (Å²) in [6.45, 7) is 7.32. The molecular weight excluding hydrogens is 422 g/mol. The van der Waals surface area contributed by atoms with Crippen LogP contribution in [0, 0.1) is 17.6 Å². The van der Waals surface area contributed by atoms with Gasteiger partial charge in [0, 0.05) is 11.5 Å². The highest BCUT2D eigenvalue weighted by atomic mass is 19.2. The number of rotatable bonds is 8. The molecule has 1 saturated heterocycles. The molecule has 0 aromatic heterocycles. The van der Waals surface area contributed by atoms with E-state index in [1.54, 1.807) is 13.0 Å². The number of halogens is 2. The summed E-state index contributed by atoms with van der Waals surface area (Å²) < 4.78 is 46.0. The minimum Gasteiger partial charge on any atom is -0.491 e. The van der Waals surface area contributed by atoms with Crippen molar-refractivity contribution >= 4 is 0 Å². The van der Waals surface area contributed by atoms with Crippen LogP contribution in [0.4, 0.5) is 8.78 Å². The molecule has 2 aliphatic rings. The summed E-state index contributed by atoms with van der Waals surface area (Å²) >= 11 is 0. The average molecular weight is 457 g/mol. The molecule has 178 valence electrons. The Bertz CT molecular complexity index is 911. The van der Waals surface area contributed by atoms with Crippen LogP contribution < -0.4 is 4.74 Å². The van der Waals surface area contributed by atoms with Gasteiger partial charge in [-0.3, -0.25) is 0 Å². The molecule has 1 aliphatic heterocycles. The van der Waals surface area contributed by atoms with E-state index < -0.39 is 11.6 Å². The number of ether oxygens (including phenoxy) is 3. The van der Waals surface area contributed by atoms with Gasteiger partial charge < -0.3 is 14.2 Å². The fourth-order valence-electron chi connectivity index (χ4n) is 4.91. The van der Waals surface area contributed by atoms with Crippen LogP contribution in [-0.4, -0.2) is 32.0 Å². The average Bonchev–Trinajstić information content (AvgIpc) is 2.87. The SMILES string of the molecule is C=CC1CCC(COC2CCC(c3ccc(-c4ccc(OCC)c(F)c4F)cc3)CC2)OC1. The maximum atomic E-state index is 14.5. The molecule has 0 bridgehead atoms. The third-order valence-electron chi connectivity index (χ3n) is 6.97. The molecule has 2 atom stereocenters. The second-order valence-corrected chi connectivity index (χ2v) is 9.13. The molecule has 0 N–H and O–H groups in total. The lowest BCUT2D eigenvalue weighted by atomic mass is 9.82. The van der Waals surface area contributed by atoms with Gasteiger partial charge in [0.05, 0.1) is 32.0 Å². The largest absolute Gasteiger partial charge is 0.491 e. The Morgan fingerprint density at radius 1 is 0.970 bits per heavy atom. The summed E-state index contributed by atoms with van der Waals surface area (Å²) in [7, 11) is 0. The summed E-state index contributed by atoms with van der Waals surface area (Å²) in [6, 6.07) is 10.9. The zero-order valence-electron chi connectivity index (χ0n) is 19.4. The monoisotopic (exact) mass is 456 g/mol. The normalized spacial score (nSPS) is 25.5. The maximum Gasteiger partial charge on any atom is 0.201 e. The number of hydrogen-bond donors (Lipinski definition) is 0. The van der Waals surface area contributed by atoms with E-state index >= 15 is 0 Å². The van der Waals surface area contributed by atoms with Gasteiger partial charge in [-0.25, -0.2) is 4.39 Å². The highest BCUT2D eigenvalue weighted by molar-refractivity contribution is 5.65. The Hall–Kier alpha value is -2.24. The summed E-state index contributed by atoms with van der Waals surface area (Å²) in [5, 5.41) is 0. The molecule has 5 heteroatoms. The van der Waals surface area contributed by atoms with Crippen LogP contribution in [0.25, 0.3) is 11.1 Å². The van der Waals surface area contributed by atoms with Crippen molar-refractivity contribution in [2.45, 2.75) is 63.6 Å². The van der Waals surface area contributed by atoms with Crippen LogP contribution in [0.3, 0.4) is 0 Å². The lowest BCUT2D eigenvalue weighted by Gasteiger charge is -2.32. The van der Waals surface area contributed by atoms with Gasteiger partial charge in [0.2, 0.25) is 5.82 Å². The minimum absolute atomic E-state index is 0.0506. The molecule has 1 saturated carbocycles. The molecule has 2 fully saturated rings. The third kappa shape index (κ3) is 5.82. The standard InChI is InChI=1S/C28H34F2O3/c1-3-19-5-12-24(32-17-19)18-33-23-13-10-21(11-14-23)20-6-8-22(9-7-20)25-15-16-26(31-4-2)28(30)27(25)29/h3,6-9,15-16,19,21,23-24H,1,4-5,10-14,17-18H2,2H3. The van der Waals surface area contributed by atoms with Crippen LogP contribution in [0.2, 0.25) is 0 Å². The molecule has 2 unspecified atom stereocenters. The van der Waals surface area contributed by atoms with Gasteiger partial charge >= 0.3 is 0 Å². The first kappa shape index (κ1) is 23.9. The van der Waals surface area contributed by atoms with Crippen molar-refractivity contribution in [2.75, 3.05) is 19.8 Å². The minimum atomic E-state index is -0.934. The molecule has 2 aromatic carbocycles. The van der Waals surface area contributed by atoms with Crippen molar-refractivity contribution in [3.63, 3.8) is 0 Å². The van der Waals surface area contributed by atoms with Gasteiger partial charge in [-0.1, -0.05) is 30.3 Å². The number of benzene rings is 2. The van der Waals surface area contributed by atoms with Crippen molar-refractivity contribution in [2.24, 2.45) is 5.92 Å². The summed E-state index contributed by atoms with van der Waals surface area (Å²) in [5.41, 5.74) is 2.17. The topological polar surface area (TPSA) is 27.7 Å². The summed E-state index contributed by atoms with van der Waals surface area (Å²) in [6.07, 6.45) is 8.87. The van der Waals surface area contributed by atoms with E-state index in [-0.39, 0.29) is 17.4 Å². The van der Waals surface area contributed by atoms with Crippen LogP contribution in [0.5, 0.6) is 5.75 Å². The zero-order valence-corrected chi connectivity index (χ0v) is 19.4. The smallest absolute Gasteiger partial charge is 0.201 e. The van der Waals surface area contributed by atoms with Crippen LogP contribution in [0.1, 0.15) is 56.9 Å². The molecular formula is C28H34F2O3. The van der Waals surface area contributed by atoms with E-state index in [1.165, 1.54) is 11.6 Å². The maximum absolute atomic E-state index is 14.5. The van der Waals surface area contributed by atoms with E-state index in [0.29, 0.717) is 36.7 Å². The number of hydrogen-bond acceptors (Lipinski definition) is 3. The van der Waals surface area contributed by atoms with E-state index in [1.807, 2.05) is 30.3 Å². The van der Waals surface area contributed by atoms with Gasteiger partial charge in [-0.05, 0) is 74.6 Å². The Kier molecular flexibility index (Phi) is 8.15. The van der Waals surface area contributed by atoms with Gasteiger partial charge in [-0.15, -0.1) is 6.58 Å². The van der Waals surface area contributed by atoms with E-state index in [0.717, 1.165) is 45.1 Å². The highest BCUT2D eigenvalue weighted by Gasteiger charge is 2.26. The second-order valence-electron chi connectivity index (χ2n) is 9.13. The zero-order chi connectivity index (χ0) is 23.2. The first-order chi connectivity index (χ1) is 16.1. The van der Waals surface area contributed by atoms with Crippen molar-refractivity contribution in [3.05, 3.63) is 66.3 Å². The van der Waals surface area contributed by atoms with Crippen LogP contribution >= 0.6 is 0 Å². The predicted molar refractivity (Wildman–Crippen MR) is 127 cm³/mol. The van der Waals surface area contributed by atoms with E-state index in [4.69, 9.17) is 14.2 Å². The molecule has 33 heavy (non-hydrogen) atoms. The Labute approximate surface area is 195 Å². The second kappa shape index (κ2) is 11.3. The van der Waals surface area contributed by atoms with Crippen LogP contribution in [0.15, 0.2) is 49.1 Å². The molecule has 4 rings (SSSR count). The summed E-state index contributed by atoms with van der Waals surface area (Å²) in [5.74, 6) is -0.900. The Balaban J connectivity index is 1.28. The fraction of sp³-hybridized carbons (Fsp3) is 0.500. The third-order valence-corrected chi connectivity index (χ3v) is 6.97. The molecule has 1 heterocycles. The van der Waals surface area contributed by atoms with Crippen molar-refractivity contribution in [1.82, 2.24) is 0 Å². The van der Waals surface area contributed by atoms with Crippen LogP contribution in [-0.2, 0) is 9.47 Å². The van der Waals surface area contributed by atoms with Crippen molar-refractivity contribution in [3.8, 4) is 16.9 Å². The fourth-order valence-corrected chi connectivity index (χ4v) is 4.91. The van der Waals surface area contributed by atoms with Gasteiger partial charge in [0.25, 0.3) is 0 Å². The Morgan fingerprint density at radius 2 is 1.73 bits per heavy atom. The Morgan fingerprint density at radius 3 is 2.36 bits per heavy atom. The van der Waals surface area contributed by atoms with Crippen molar-refractivity contribution < 1.29 is 23.0 Å². The lowest BCUT2D eigenvalue weighted by Crippen LogP contribution is -2.31. The predicted octanol–water partition coefficient (Wildman–Crippen LogP) is 7.05. The van der Waals surface area contributed by atoms with E-state index in [9.17, 15) is 8.78 Å². The molecule has 3 nitrogen and oxygen atoms in total. The molecule has 0 spiro atoms. The first-order valence-corrected chi connectivity index (χ1v) is 12.2. The van der Waals surface area contributed by atoms with Gasteiger partial charge in [0.15, 0.2) is 11.6 Å². The highest BCUT2D eigenvalue weighted by Crippen LogP contribution is 2.36. The summed E-state index contributed by atoms with van der Waals surface area (Å²) in [4.78, 5) is 0. The first-order valence-electron chi connectivity index (χ1n) is 12.2. The molecule has 0 amide bonds. The molecule has 2 aromatic rings. The van der Waals surface area contributed by atoms with Gasteiger partial charge in [-0.2, -0.15) is 4.39 Å². The van der Waals surface area contributed by atoms with Crippen molar-refractivity contribution in [1.29, 1.82) is 0 Å². The quantitative estimate of drug-likeness (QED) is 0.398.